The van der Waals surface area contributed by atoms with E-state index >= 15 is 0 Å². The van der Waals surface area contributed by atoms with E-state index in [1.165, 1.54) is 12.1 Å². The molecule has 0 radical (unpaired) electrons. The Labute approximate surface area is 104 Å². The summed E-state index contributed by atoms with van der Waals surface area (Å²) in [6.07, 6.45) is -1.86. The van der Waals surface area contributed by atoms with Crippen molar-refractivity contribution in [2.24, 2.45) is 0 Å². The number of rotatable bonds is 5. The first kappa shape index (κ1) is 14.0. The predicted molar refractivity (Wildman–Crippen MR) is 64.4 cm³/mol. The molecule has 3 N–H and O–H groups in total. The van der Waals surface area contributed by atoms with E-state index in [4.69, 9.17) is 16.7 Å². The summed E-state index contributed by atoms with van der Waals surface area (Å²) in [6, 6.07) is 4.44. The number of alkyl halides is 1. The molecule has 5 heteroatoms. The highest BCUT2D eigenvalue weighted by molar-refractivity contribution is 6.17. The molecule has 2 atom stereocenters. The number of benzene rings is 1. The SMILES string of the molecule is Cc1ccc(C(=O)O)cc1C(O)C(O)CCCl. The zero-order valence-electron chi connectivity index (χ0n) is 9.43. The Bertz CT molecular complexity index is 405. The molecule has 0 aliphatic heterocycles. The van der Waals surface area contributed by atoms with Gasteiger partial charge in [-0.2, -0.15) is 0 Å². The van der Waals surface area contributed by atoms with Crippen LogP contribution in [0.2, 0.25) is 0 Å². The van der Waals surface area contributed by atoms with Crippen LogP contribution < -0.4 is 0 Å². The van der Waals surface area contributed by atoms with E-state index in [2.05, 4.69) is 0 Å². The number of carboxylic acids is 1. The fraction of sp³-hybridized carbons (Fsp3) is 0.417. The van der Waals surface area contributed by atoms with Crippen LogP contribution in [0.3, 0.4) is 0 Å². The van der Waals surface area contributed by atoms with Gasteiger partial charge in [-0.1, -0.05) is 6.07 Å². The van der Waals surface area contributed by atoms with Crippen LogP contribution >= 0.6 is 11.6 Å². The molecule has 0 aromatic heterocycles. The van der Waals surface area contributed by atoms with Crippen molar-refractivity contribution in [2.75, 3.05) is 5.88 Å². The van der Waals surface area contributed by atoms with Crippen LogP contribution in [0.5, 0.6) is 0 Å². The van der Waals surface area contributed by atoms with Crippen molar-refractivity contribution < 1.29 is 20.1 Å². The molecule has 1 rings (SSSR count). The molecule has 0 amide bonds. The van der Waals surface area contributed by atoms with Crippen molar-refractivity contribution in [3.63, 3.8) is 0 Å². The number of hydrogen-bond donors (Lipinski definition) is 3. The first-order chi connectivity index (χ1) is 7.97. The van der Waals surface area contributed by atoms with Crippen molar-refractivity contribution in [3.05, 3.63) is 34.9 Å². The second kappa shape index (κ2) is 6.00. The standard InChI is InChI=1S/C12H15ClO4/c1-7-2-3-8(12(16)17)6-9(7)11(15)10(14)4-5-13/h2-3,6,10-11,14-15H,4-5H2,1H3,(H,16,17). The van der Waals surface area contributed by atoms with Gasteiger partial charge in [0, 0.05) is 5.88 Å². The van der Waals surface area contributed by atoms with Crippen LogP contribution in [0.4, 0.5) is 0 Å². The van der Waals surface area contributed by atoms with Gasteiger partial charge in [-0.15, -0.1) is 11.6 Å². The first-order valence-electron chi connectivity index (χ1n) is 5.23. The molecule has 2 unspecified atom stereocenters. The third-order valence-electron chi connectivity index (χ3n) is 2.61. The Kier molecular flexibility index (Phi) is 4.93. The molecule has 0 aliphatic rings. The molecule has 1 aromatic carbocycles. The smallest absolute Gasteiger partial charge is 0.335 e. The van der Waals surface area contributed by atoms with Crippen molar-refractivity contribution >= 4 is 17.6 Å². The lowest BCUT2D eigenvalue weighted by molar-refractivity contribution is 0.0165. The van der Waals surface area contributed by atoms with Gasteiger partial charge in [0.2, 0.25) is 0 Å². The lowest BCUT2D eigenvalue weighted by atomic mass is 9.96. The molecular formula is C12H15ClO4. The van der Waals surface area contributed by atoms with Gasteiger partial charge in [-0.3, -0.25) is 0 Å². The zero-order chi connectivity index (χ0) is 13.0. The van der Waals surface area contributed by atoms with Gasteiger partial charge in [0.1, 0.15) is 6.10 Å². The minimum Gasteiger partial charge on any atom is -0.478 e. The molecule has 17 heavy (non-hydrogen) atoms. The average Bonchev–Trinajstić information content (AvgIpc) is 2.28. The highest BCUT2D eigenvalue weighted by Crippen LogP contribution is 2.24. The van der Waals surface area contributed by atoms with E-state index in [-0.39, 0.29) is 17.9 Å². The van der Waals surface area contributed by atoms with Crippen molar-refractivity contribution in [2.45, 2.75) is 25.6 Å². The first-order valence-corrected chi connectivity index (χ1v) is 5.76. The normalized spacial score (nSPS) is 14.4. The largest absolute Gasteiger partial charge is 0.478 e. The van der Waals surface area contributed by atoms with E-state index in [1.54, 1.807) is 13.0 Å². The van der Waals surface area contributed by atoms with E-state index in [0.29, 0.717) is 5.56 Å². The molecule has 0 saturated heterocycles. The molecule has 0 spiro atoms. The number of halogens is 1. The summed E-state index contributed by atoms with van der Waals surface area (Å²) < 4.78 is 0. The highest BCUT2D eigenvalue weighted by Gasteiger charge is 2.20. The topological polar surface area (TPSA) is 77.8 Å². The van der Waals surface area contributed by atoms with Crippen LogP contribution in [-0.4, -0.2) is 33.3 Å². The van der Waals surface area contributed by atoms with Crippen LogP contribution in [0.1, 0.15) is 34.0 Å². The van der Waals surface area contributed by atoms with Crippen LogP contribution in [-0.2, 0) is 0 Å². The average molecular weight is 259 g/mol. The minimum absolute atomic E-state index is 0.0859. The van der Waals surface area contributed by atoms with Crippen LogP contribution in [0.15, 0.2) is 18.2 Å². The van der Waals surface area contributed by atoms with Gasteiger partial charge < -0.3 is 15.3 Å². The van der Waals surface area contributed by atoms with Gasteiger partial charge in [0.25, 0.3) is 0 Å². The monoisotopic (exact) mass is 258 g/mol. The molecule has 0 heterocycles. The molecule has 1 aromatic rings. The number of hydrogen-bond acceptors (Lipinski definition) is 3. The van der Waals surface area contributed by atoms with Crippen LogP contribution in [0.25, 0.3) is 0 Å². The lowest BCUT2D eigenvalue weighted by Gasteiger charge is -2.19. The van der Waals surface area contributed by atoms with Crippen LogP contribution in [0, 0.1) is 6.92 Å². The number of aliphatic hydroxyl groups excluding tert-OH is 2. The van der Waals surface area contributed by atoms with Crippen molar-refractivity contribution in [3.8, 4) is 0 Å². The minimum atomic E-state index is -1.12. The summed E-state index contributed by atoms with van der Waals surface area (Å²) >= 11 is 5.48. The second-order valence-electron chi connectivity index (χ2n) is 3.87. The Hall–Kier alpha value is -1.10. The van der Waals surface area contributed by atoms with Gasteiger partial charge >= 0.3 is 5.97 Å². The maximum atomic E-state index is 10.8. The predicted octanol–water partition coefficient (Wildman–Crippen LogP) is 1.72. The molecular weight excluding hydrogens is 244 g/mol. The van der Waals surface area contributed by atoms with E-state index in [1.807, 2.05) is 0 Å². The number of aliphatic hydroxyl groups is 2. The van der Waals surface area contributed by atoms with Crippen molar-refractivity contribution in [1.82, 2.24) is 0 Å². The number of aromatic carboxylic acids is 1. The fourth-order valence-electron chi connectivity index (χ4n) is 1.57. The number of carboxylic acid groups (broad SMARTS) is 1. The van der Waals surface area contributed by atoms with Gasteiger partial charge in [-0.25, -0.2) is 4.79 Å². The van der Waals surface area contributed by atoms with Gasteiger partial charge in [0.15, 0.2) is 0 Å². The molecule has 94 valence electrons. The molecule has 0 saturated carbocycles. The third-order valence-corrected chi connectivity index (χ3v) is 2.83. The fourth-order valence-corrected chi connectivity index (χ4v) is 1.79. The molecule has 4 nitrogen and oxygen atoms in total. The number of carbonyl (C=O) groups is 1. The molecule has 0 bridgehead atoms. The highest BCUT2D eigenvalue weighted by atomic mass is 35.5. The quantitative estimate of drug-likeness (QED) is 0.703. The lowest BCUT2D eigenvalue weighted by Crippen LogP contribution is -2.20. The molecule has 0 fully saturated rings. The van der Waals surface area contributed by atoms with E-state index in [0.717, 1.165) is 5.56 Å². The summed E-state index contributed by atoms with van der Waals surface area (Å²) in [4.78, 5) is 10.8. The van der Waals surface area contributed by atoms with Gasteiger partial charge in [0.05, 0.1) is 11.7 Å². The summed E-state index contributed by atoms with van der Waals surface area (Å²) in [5.74, 6) is -0.833. The Balaban J connectivity index is 3.03. The summed E-state index contributed by atoms with van der Waals surface area (Å²) in [5.41, 5.74) is 1.24. The molecule has 0 aliphatic carbocycles. The Morgan fingerprint density at radius 3 is 2.59 bits per heavy atom. The Morgan fingerprint density at radius 1 is 1.41 bits per heavy atom. The van der Waals surface area contributed by atoms with Crippen molar-refractivity contribution in [1.29, 1.82) is 0 Å². The summed E-state index contributed by atoms with van der Waals surface area (Å²) in [6.45, 7) is 1.75. The Morgan fingerprint density at radius 2 is 2.06 bits per heavy atom. The number of aryl methyl sites for hydroxylation is 1. The second-order valence-corrected chi connectivity index (χ2v) is 4.24. The summed E-state index contributed by atoms with van der Waals surface area (Å²) in [5, 5.41) is 28.4. The van der Waals surface area contributed by atoms with E-state index in [9.17, 15) is 15.0 Å². The maximum absolute atomic E-state index is 10.8. The zero-order valence-corrected chi connectivity index (χ0v) is 10.2. The van der Waals surface area contributed by atoms with E-state index < -0.39 is 18.2 Å². The third kappa shape index (κ3) is 3.43. The van der Waals surface area contributed by atoms with Gasteiger partial charge in [-0.05, 0) is 36.6 Å². The summed E-state index contributed by atoms with van der Waals surface area (Å²) in [7, 11) is 0. The maximum Gasteiger partial charge on any atom is 0.335 e.